The number of carbonyl (C=O) groups is 2. The molecule has 0 aliphatic heterocycles. The number of nitriles is 1. The molecule has 0 spiro atoms. The SMILES string of the molecule is N#C/C(=C\c1ccc(OCCC(=O)O)cc1)C(=O)Nc1cccc2ccccc12. The van der Waals surface area contributed by atoms with Gasteiger partial charge in [0.05, 0.1) is 13.0 Å². The quantitative estimate of drug-likeness (QED) is 0.467. The number of nitrogens with one attached hydrogen (secondary N) is 1. The predicted octanol–water partition coefficient (Wildman–Crippen LogP) is 4.24. The van der Waals surface area contributed by atoms with Gasteiger partial charge in [-0.1, -0.05) is 48.5 Å². The van der Waals surface area contributed by atoms with E-state index in [4.69, 9.17) is 9.84 Å². The highest BCUT2D eigenvalue weighted by molar-refractivity contribution is 6.12. The van der Waals surface area contributed by atoms with Gasteiger partial charge in [0.15, 0.2) is 0 Å². The molecule has 3 rings (SSSR count). The molecule has 0 bridgehead atoms. The first-order chi connectivity index (χ1) is 14.1. The molecule has 6 heteroatoms. The van der Waals surface area contributed by atoms with Crippen LogP contribution in [-0.2, 0) is 9.59 Å². The lowest BCUT2D eigenvalue weighted by atomic mass is 10.1. The van der Waals surface area contributed by atoms with Crippen LogP contribution >= 0.6 is 0 Å². The molecule has 29 heavy (non-hydrogen) atoms. The van der Waals surface area contributed by atoms with Crippen molar-refractivity contribution in [2.24, 2.45) is 0 Å². The van der Waals surface area contributed by atoms with Gasteiger partial charge in [-0.25, -0.2) is 0 Å². The fourth-order valence-corrected chi connectivity index (χ4v) is 2.76. The Labute approximate surface area is 167 Å². The van der Waals surface area contributed by atoms with Crippen molar-refractivity contribution in [1.29, 1.82) is 5.26 Å². The van der Waals surface area contributed by atoms with Gasteiger partial charge in [0.1, 0.15) is 17.4 Å². The zero-order chi connectivity index (χ0) is 20.6. The largest absolute Gasteiger partial charge is 0.493 e. The summed E-state index contributed by atoms with van der Waals surface area (Å²) >= 11 is 0. The van der Waals surface area contributed by atoms with Gasteiger partial charge in [0, 0.05) is 11.1 Å². The fourth-order valence-electron chi connectivity index (χ4n) is 2.76. The Morgan fingerprint density at radius 3 is 2.48 bits per heavy atom. The topological polar surface area (TPSA) is 99.4 Å². The van der Waals surface area contributed by atoms with Crippen LogP contribution in [0.1, 0.15) is 12.0 Å². The summed E-state index contributed by atoms with van der Waals surface area (Å²) in [6.07, 6.45) is 1.40. The number of aliphatic carboxylic acids is 1. The lowest BCUT2D eigenvalue weighted by Gasteiger charge is -2.08. The minimum atomic E-state index is -0.930. The summed E-state index contributed by atoms with van der Waals surface area (Å²) in [6.45, 7) is 0.0708. The van der Waals surface area contributed by atoms with Crippen molar-refractivity contribution in [3.63, 3.8) is 0 Å². The third kappa shape index (κ3) is 5.21. The van der Waals surface area contributed by atoms with Crippen LogP contribution in [0.15, 0.2) is 72.3 Å². The Morgan fingerprint density at radius 2 is 1.76 bits per heavy atom. The maximum Gasteiger partial charge on any atom is 0.306 e. The lowest BCUT2D eigenvalue weighted by Crippen LogP contribution is -2.13. The van der Waals surface area contributed by atoms with E-state index in [9.17, 15) is 14.9 Å². The Hall–Kier alpha value is -4.11. The summed E-state index contributed by atoms with van der Waals surface area (Å²) < 4.78 is 5.32. The molecular formula is C23H18N2O4. The third-order valence-corrected chi connectivity index (χ3v) is 4.18. The van der Waals surface area contributed by atoms with Crippen LogP contribution in [0.4, 0.5) is 5.69 Å². The third-order valence-electron chi connectivity index (χ3n) is 4.18. The molecule has 0 saturated carbocycles. The summed E-state index contributed by atoms with van der Waals surface area (Å²) in [5.41, 5.74) is 1.26. The number of ether oxygens (including phenoxy) is 1. The average Bonchev–Trinajstić information content (AvgIpc) is 2.73. The number of hydrogen-bond acceptors (Lipinski definition) is 4. The minimum Gasteiger partial charge on any atom is -0.493 e. The zero-order valence-electron chi connectivity index (χ0n) is 15.5. The molecule has 0 unspecified atom stereocenters. The molecule has 0 fully saturated rings. The van der Waals surface area contributed by atoms with Crippen molar-refractivity contribution >= 4 is 34.4 Å². The molecule has 3 aromatic rings. The van der Waals surface area contributed by atoms with Crippen LogP contribution in [0, 0.1) is 11.3 Å². The number of hydrogen-bond donors (Lipinski definition) is 2. The van der Waals surface area contributed by atoms with Crippen molar-refractivity contribution in [3.8, 4) is 11.8 Å². The van der Waals surface area contributed by atoms with Gasteiger partial charge in [0.2, 0.25) is 0 Å². The van der Waals surface area contributed by atoms with E-state index in [1.165, 1.54) is 6.08 Å². The highest BCUT2D eigenvalue weighted by Gasteiger charge is 2.11. The van der Waals surface area contributed by atoms with E-state index in [0.717, 1.165) is 10.8 Å². The van der Waals surface area contributed by atoms with Crippen LogP contribution in [0.25, 0.3) is 16.8 Å². The minimum absolute atomic E-state index is 0.0301. The van der Waals surface area contributed by atoms with Crippen molar-refractivity contribution in [2.45, 2.75) is 6.42 Å². The van der Waals surface area contributed by atoms with Crippen molar-refractivity contribution in [1.82, 2.24) is 0 Å². The Kier molecular flexibility index (Phi) is 6.23. The molecule has 3 aromatic carbocycles. The molecule has 0 radical (unpaired) electrons. The second-order valence-corrected chi connectivity index (χ2v) is 6.21. The van der Waals surface area contributed by atoms with E-state index in [0.29, 0.717) is 17.0 Å². The molecule has 0 saturated heterocycles. The first-order valence-electron chi connectivity index (χ1n) is 8.92. The highest BCUT2D eigenvalue weighted by Crippen LogP contribution is 2.23. The van der Waals surface area contributed by atoms with Crippen LogP contribution in [0.5, 0.6) is 5.75 Å². The van der Waals surface area contributed by atoms with Gasteiger partial charge in [-0.15, -0.1) is 0 Å². The zero-order valence-corrected chi connectivity index (χ0v) is 15.5. The smallest absolute Gasteiger partial charge is 0.306 e. The van der Waals surface area contributed by atoms with Crippen molar-refractivity contribution < 1.29 is 19.4 Å². The van der Waals surface area contributed by atoms with E-state index in [1.807, 2.05) is 42.5 Å². The summed E-state index contributed by atoms with van der Waals surface area (Å²) in [5, 5.41) is 22.7. The van der Waals surface area contributed by atoms with Gasteiger partial charge in [-0.05, 0) is 35.2 Å². The number of rotatable bonds is 7. The Bertz CT molecular complexity index is 1110. The number of benzene rings is 3. The molecule has 0 aliphatic rings. The fraction of sp³-hybridized carbons (Fsp3) is 0.0870. The van der Waals surface area contributed by atoms with Crippen molar-refractivity contribution in [2.75, 3.05) is 11.9 Å². The predicted molar refractivity (Wildman–Crippen MR) is 110 cm³/mol. The number of carboxylic acids is 1. The van der Waals surface area contributed by atoms with Gasteiger partial charge in [-0.3, -0.25) is 9.59 Å². The van der Waals surface area contributed by atoms with E-state index >= 15 is 0 Å². The van der Waals surface area contributed by atoms with Gasteiger partial charge >= 0.3 is 5.97 Å². The second-order valence-electron chi connectivity index (χ2n) is 6.21. The lowest BCUT2D eigenvalue weighted by molar-refractivity contribution is -0.137. The molecule has 0 aliphatic carbocycles. The summed E-state index contributed by atoms with van der Waals surface area (Å²) in [4.78, 5) is 23.1. The summed E-state index contributed by atoms with van der Waals surface area (Å²) in [5.74, 6) is -0.909. The average molecular weight is 386 g/mol. The maximum absolute atomic E-state index is 12.6. The molecule has 0 aromatic heterocycles. The van der Waals surface area contributed by atoms with Crippen molar-refractivity contribution in [3.05, 3.63) is 77.9 Å². The van der Waals surface area contributed by atoms with Crippen LogP contribution in [0.2, 0.25) is 0 Å². The normalized spacial score (nSPS) is 10.9. The number of amides is 1. The summed E-state index contributed by atoms with van der Waals surface area (Å²) in [7, 11) is 0. The first-order valence-corrected chi connectivity index (χ1v) is 8.92. The number of carboxylic acid groups (broad SMARTS) is 1. The van der Waals surface area contributed by atoms with Gasteiger partial charge in [-0.2, -0.15) is 5.26 Å². The maximum atomic E-state index is 12.6. The molecular weight excluding hydrogens is 368 g/mol. The standard InChI is InChI=1S/C23H18N2O4/c24-15-18(14-16-8-10-19(11-9-16)29-13-12-22(26)27)23(28)25-21-7-3-5-17-4-1-2-6-20(17)21/h1-11,14H,12-13H2,(H,25,28)(H,26,27)/b18-14+. The van der Waals surface area contributed by atoms with E-state index in [-0.39, 0.29) is 18.6 Å². The van der Waals surface area contributed by atoms with Crippen LogP contribution in [0.3, 0.4) is 0 Å². The van der Waals surface area contributed by atoms with Crippen LogP contribution in [-0.4, -0.2) is 23.6 Å². The van der Waals surface area contributed by atoms with Gasteiger partial charge < -0.3 is 15.2 Å². The Balaban J connectivity index is 1.73. The van der Waals surface area contributed by atoms with Gasteiger partial charge in [0.25, 0.3) is 5.91 Å². The molecule has 0 atom stereocenters. The first kappa shape index (κ1) is 19.6. The highest BCUT2D eigenvalue weighted by atomic mass is 16.5. The molecule has 2 N–H and O–H groups in total. The van der Waals surface area contributed by atoms with E-state index in [1.54, 1.807) is 30.3 Å². The second kappa shape index (κ2) is 9.20. The van der Waals surface area contributed by atoms with Crippen LogP contribution < -0.4 is 10.1 Å². The molecule has 1 amide bonds. The number of anilines is 1. The Morgan fingerprint density at radius 1 is 1.03 bits per heavy atom. The number of carbonyl (C=O) groups excluding carboxylic acids is 1. The molecule has 144 valence electrons. The molecule has 0 heterocycles. The monoisotopic (exact) mass is 386 g/mol. The van der Waals surface area contributed by atoms with E-state index < -0.39 is 11.9 Å². The summed E-state index contributed by atoms with van der Waals surface area (Å²) in [6, 6.07) is 21.9. The number of nitrogens with zero attached hydrogens (tertiary/aromatic N) is 1. The molecule has 6 nitrogen and oxygen atoms in total. The number of fused-ring (bicyclic) bond motifs is 1. The van der Waals surface area contributed by atoms with E-state index in [2.05, 4.69) is 5.32 Å².